The van der Waals surface area contributed by atoms with E-state index in [1.54, 1.807) is 7.11 Å². The molecule has 3 rings (SSSR count). The van der Waals surface area contributed by atoms with Crippen LogP contribution < -0.4 is 10.2 Å². The topological polar surface area (TPSA) is 24.5 Å². The zero-order chi connectivity index (χ0) is 14.7. The molecule has 1 heterocycles. The second-order valence-electron chi connectivity index (χ2n) is 6.62. The standard InChI is InChI=1S/C18H28N2O/c1-3-16-12-19-18(10-6-7-11-18)14-20(16)17-9-5-4-8-15(17)13-21-2/h4-5,8-9,16,19H,3,6-7,10-14H2,1-2H3. The number of methoxy groups -OCH3 is 1. The van der Waals surface area contributed by atoms with Crippen LogP contribution in [0.15, 0.2) is 24.3 Å². The van der Waals surface area contributed by atoms with Crippen LogP contribution in [0.5, 0.6) is 0 Å². The average molecular weight is 288 g/mol. The molecule has 1 saturated carbocycles. The van der Waals surface area contributed by atoms with E-state index in [0.717, 1.165) is 13.1 Å². The van der Waals surface area contributed by atoms with Gasteiger partial charge in [0, 0.05) is 43.0 Å². The first-order chi connectivity index (χ1) is 10.3. The van der Waals surface area contributed by atoms with Crippen LogP contribution in [0.1, 0.15) is 44.6 Å². The zero-order valence-corrected chi connectivity index (χ0v) is 13.4. The van der Waals surface area contributed by atoms with Crippen molar-refractivity contribution < 1.29 is 4.74 Å². The number of rotatable bonds is 4. The van der Waals surface area contributed by atoms with Gasteiger partial charge in [0.25, 0.3) is 0 Å². The third-order valence-electron chi connectivity index (χ3n) is 5.26. The Labute approximate surface area is 128 Å². The lowest BCUT2D eigenvalue weighted by Crippen LogP contribution is -2.63. The number of ether oxygens (including phenoxy) is 1. The van der Waals surface area contributed by atoms with Gasteiger partial charge in [-0.2, -0.15) is 0 Å². The predicted molar refractivity (Wildman–Crippen MR) is 87.8 cm³/mol. The van der Waals surface area contributed by atoms with Crippen LogP contribution in [0.25, 0.3) is 0 Å². The van der Waals surface area contributed by atoms with Crippen molar-refractivity contribution in [3.63, 3.8) is 0 Å². The van der Waals surface area contributed by atoms with Crippen molar-refractivity contribution in [2.45, 2.75) is 57.2 Å². The Balaban J connectivity index is 1.89. The summed E-state index contributed by atoms with van der Waals surface area (Å²) >= 11 is 0. The highest BCUT2D eigenvalue weighted by Crippen LogP contribution is 2.36. The van der Waals surface area contributed by atoms with Crippen molar-refractivity contribution in [3.05, 3.63) is 29.8 Å². The Morgan fingerprint density at radius 2 is 2.05 bits per heavy atom. The number of anilines is 1. The molecular formula is C18H28N2O. The molecular weight excluding hydrogens is 260 g/mol. The largest absolute Gasteiger partial charge is 0.380 e. The van der Waals surface area contributed by atoms with Gasteiger partial charge >= 0.3 is 0 Å². The van der Waals surface area contributed by atoms with E-state index in [1.165, 1.54) is 43.4 Å². The maximum Gasteiger partial charge on any atom is 0.0733 e. The molecule has 21 heavy (non-hydrogen) atoms. The molecule has 2 aliphatic rings. The van der Waals surface area contributed by atoms with E-state index >= 15 is 0 Å². The lowest BCUT2D eigenvalue weighted by molar-refractivity contribution is 0.184. The van der Waals surface area contributed by atoms with Gasteiger partial charge in [0.1, 0.15) is 0 Å². The van der Waals surface area contributed by atoms with Gasteiger partial charge in [-0.25, -0.2) is 0 Å². The minimum atomic E-state index is 0.353. The van der Waals surface area contributed by atoms with Gasteiger partial charge in [0.2, 0.25) is 0 Å². The van der Waals surface area contributed by atoms with E-state index in [0.29, 0.717) is 18.2 Å². The van der Waals surface area contributed by atoms with E-state index in [9.17, 15) is 0 Å². The number of nitrogens with one attached hydrogen (secondary N) is 1. The number of benzene rings is 1. The lowest BCUT2D eigenvalue weighted by atomic mass is 9.90. The summed E-state index contributed by atoms with van der Waals surface area (Å²) in [5.41, 5.74) is 3.04. The summed E-state index contributed by atoms with van der Waals surface area (Å²) in [5.74, 6) is 0. The minimum Gasteiger partial charge on any atom is -0.380 e. The van der Waals surface area contributed by atoms with Crippen LogP contribution in [-0.4, -0.2) is 31.8 Å². The number of hydrogen-bond donors (Lipinski definition) is 1. The van der Waals surface area contributed by atoms with E-state index < -0.39 is 0 Å². The molecule has 116 valence electrons. The molecule has 0 radical (unpaired) electrons. The van der Waals surface area contributed by atoms with Gasteiger partial charge in [0.15, 0.2) is 0 Å². The number of para-hydroxylation sites is 1. The molecule has 3 nitrogen and oxygen atoms in total. The first kappa shape index (κ1) is 14.9. The maximum absolute atomic E-state index is 5.40. The van der Waals surface area contributed by atoms with Crippen molar-refractivity contribution in [2.75, 3.05) is 25.1 Å². The Morgan fingerprint density at radius 1 is 1.29 bits per heavy atom. The summed E-state index contributed by atoms with van der Waals surface area (Å²) in [4.78, 5) is 2.65. The second kappa shape index (κ2) is 6.37. The smallest absolute Gasteiger partial charge is 0.0733 e. The molecule has 2 fully saturated rings. The fraction of sp³-hybridized carbons (Fsp3) is 0.667. The Bertz CT molecular complexity index is 468. The summed E-state index contributed by atoms with van der Waals surface area (Å²) in [7, 11) is 1.78. The second-order valence-corrected chi connectivity index (χ2v) is 6.62. The van der Waals surface area contributed by atoms with Crippen molar-refractivity contribution in [1.82, 2.24) is 5.32 Å². The zero-order valence-electron chi connectivity index (χ0n) is 13.4. The molecule has 0 bridgehead atoms. The molecule has 0 amide bonds. The van der Waals surface area contributed by atoms with E-state index in [-0.39, 0.29) is 0 Å². The monoisotopic (exact) mass is 288 g/mol. The highest BCUT2D eigenvalue weighted by Gasteiger charge is 2.41. The third kappa shape index (κ3) is 2.95. The summed E-state index contributed by atoms with van der Waals surface area (Å²) in [5, 5.41) is 3.87. The van der Waals surface area contributed by atoms with E-state index in [2.05, 4.69) is 41.4 Å². The lowest BCUT2D eigenvalue weighted by Gasteiger charge is -2.48. The first-order valence-corrected chi connectivity index (χ1v) is 8.36. The highest BCUT2D eigenvalue weighted by atomic mass is 16.5. The fourth-order valence-corrected chi connectivity index (χ4v) is 4.06. The molecule has 3 heteroatoms. The summed E-state index contributed by atoms with van der Waals surface area (Å²) in [6, 6.07) is 9.34. The predicted octanol–water partition coefficient (Wildman–Crippen LogP) is 3.33. The normalized spacial score (nSPS) is 24.7. The Hall–Kier alpha value is -1.06. The quantitative estimate of drug-likeness (QED) is 0.919. The third-order valence-corrected chi connectivity index (χ3v) is 5.26. The minimum absolute atomic E-state index is 0.353. The molecule has 0 aromatic heterocycles. The van der Waals surface area contributed by atoms with Gasteiger partial charge in [-0.05, 0) is 25.3 Å². The summed E-state index contributed by atoms with van der Waals surface area (Å²) < 4.78 is 5.40. The van der Waals surface area contributed by atoms with Crippen LogP contribution in [0, 0.1) is 0 Å². The van der Waals surface area contributed by atoms with Gasteiger partial charge in [-0.15, -0.1) is 0 Å². The first-order valence-electron chi connectivity index (χ1n) is 8.36. The van der Waals surface area contributed by atoms with Crippen molar-refractivity contribution in [3.8, 4) is 0 Å². The summed E-state index contributed by atoms with van der Waals surface area (Å²) in [6.07, 6.45) is 6.58. The molecule has 1 aromatic carbocycles. The van der Waals surface area contributed by atoms with Crippen molar-refractivity contribution in [1.29, 1.82) is 0 Å². The number of hydrogen-bond acceptors (Lipinski definition) is 3. The molecule has 1 saturated heterocycles. The SMILES string of the molecule is CCC1CNC2(CCCC2)CN1c1ccccc1COC. The molecule has 1 spiro atoms. The van der Waals surface area contributed by atoms with Crippen LogP contribution in [0.4, 0.5) is 5.69 Å². The Kier molecular flexibility index (Phi) is 4.51. The van der Waals surface area contributed by atoms with Gasteiger partial charge in [-0.3, -0.25) is 0 Å². The Morgan fingerprint density at radius 3 is 2.76 bits per heavy atom. The highest BCUT2D eigenvalue weighted by molar-refractivity contribution is 5.55. The van der Waals surface area contributed by atoms with Crippen LogP contribution in [-0.2, 0) is 11.3 Å². The van der Waals surface area contributed by atoms with Crippen LogP contribution in [0.3, 0.4) is 0 Å². The number of nitrogens with zero attached hydrogens (tertiary/aromatic N) is 1. The molecule has 1 aromatic rings. The molecule has 1 atom stereocenters. The van der Waals surface area contributed by atoms with Gasteiger partial charge in [-0.1, -0.05) is 38.0 Å². The number of piperazine rings is 1. The molecule has 1 N–H and O–H groups in total. The van der Waals surface area contributed by atoms with Crippen molar-refractivity contribution in [2.24, 2.45) is 0 Å². The molecule has 1 aliphatic heterocycles. The summed E-state index contributed by atoms with van der Waals surface area (Å²) in [6.45, 7) is 5.25. The fourth-order valence-electron chi connectivity index (χ4n) is 4.06. The maximum atomic E-state index is 5.40. The van der Waals surface area contributed by atoms with Crippen LogP contribution in [0.2, 0.25) is 0 Å². The molecule has 1 aliphatic carbocycles. The van der Waals surface area contributed by atoms with Crippen LogP contribution >= 0.6 is 0 Å². The van der Waals surface area contributed by atoms with E-state index in [1.807, 2.05) is 0 Å². The van der Waals surface area contributed by atoms with Crippen molar-refractivity contribution >= 4 is 5.69 Å². The van der Waals surface area contributed by atoms with Gasteiger partial charge in [0.05, 0.1) is 6.61 Å². The van der Waals surface area contributed by atoms with Gasteiger partial charge < -0.3 is 15.0 Å². The average Bonchev–Trinajstić information content (AvgIpc) is 2.96. The van der Waals surface area contributed by atoms with E-state index in [4.69, 9.17) is 4.74 Å². The molecule has 1 unspecified atom stereocenters.